The number of fused-ring (bicyclic) bond motifs is 1. The average Bonchev–Trinajstić information content (AvgIpc) is 2.96. The zero-order chi connectivity index (χ0) is 15.2. The Bertz CT molecular complexity index is 609. The Hall–Kier alpha value is -2.22. The Balaban J connectivity index is 2.02. The molecule has 1 aromatic heterocycles. The summed E-state index contributed by atoms with van der Waals surface area (Å²) in [4.78, 5) is 12.7. The summed E-state index contributed by atoms with van der Waals surface area (Å²) in [5, 5.41) is 21.5. The molecule has 0 aliphatic rings. The summed E-state index contributed by atoms with van der Waals surface area (Å²) < 4.78 is 4.62. The Morgan fingerprint density at radius 3 is 2.67 bits per heavy atom. The maximum absolute atomic E-state index is 10.9. The van der Waals surface area contributed by atoms with Crippen LogP contribution >= 0.6 is 0 Å². The number of hydrogen-bond donors (Lipinski definition) is 1. The first-order chi connectivity index (χ1) is 10.2. The zero-order valence-electron chi connectivity index (χ0n) is 12.2. The Labute approximate surface area is 122 Å². The predicted molar refractivity (Wildman–Crippen MR) is 79.4 cm³/mol. The third kappa shape index (κ3) is 3.46. The highest BCUT2D eigenvalue weighted by atomic mass is 16.6. The maximum Gasteiger partial charge on any atom is 0.300 e. The number of rotatable bonds is 8. The quantitative estimate of drug-likeness (QED) is 0.453. The van der Waals surface area contributed by atoms with Gasteiger partial charge in [-0.2, -0.15) is 0 Å². The Kier molecular flexibility index (Phi) is 5.04. The monoisotopic (exact) mass is 293 g/mol. The highest BCUT2D eigenvalue weighted by Crippen LogP contribution is 2.28. The molecule has 1 heterocycles. The molecule has 0 radical (unpaired) electrons. The van der Waals surface area contributed by atoms with E-state index in [4.69, 9.17) is 0 Å². The summed E-state index contributed by atoms with van der Waals surface area (Å²) in [5.74, 6) is 0. The first-order valence-corrected chi connectivity index (χ1v) is 7.03. The molecule has 1 aromatic carbocycles. The number of aromatic nitrogens is 2. The van der Waals surface area contributed by atoms with Crippen LogP contribution in [0.1, 0.15) is 20.3 Å². The van der Waals surface area contributed by atoms with Crippen LogP contribution < -0.4 is 5.32 Å². The minimum atomic E-state index is -0.489. The van der Waals surface area contributed by atoms with Gasteiger partial charge in [0, 0.05) is 12.6 Å². The van der Waals surface area contributed by atoms with Crippen LogP contribution in [0.25, 0.3) is 11.0 Å². The molecule has 0 saturated carbocycles. The van der Waals surface area contributed by atoms with E-state index in [2.05, 4.69) is 39.0 Å². The second-order valence-corrected chi connectivity index (χ2v) is 4.66. The lowest BCUT2D eigenvalue weighted by Gasteiger charge is -2.17. The molecular weight excluding hydrogens is 274 g/mol. The van der Waals surface area contributed by atoms with Crippen molar-refractivity contribution in [3.05, 3.63) is 22.2 Å². The topological polar surface area (TPSA) is 97.3 Å². The molecule has 0 spiro atoms. The van der Waals surface area contributed by atoms with Gasteiger partial charge < -0.3 is 10.2 Å². The van der Waals surface area contributed by atoms with E-state index in [-0.39, 0.29) is 11.2 Å². The van der Waals surface area contributed by atoms with E-state index in [0.29, 0.717) is 11.2 Å². The summed E-state index contributed by atoms with van der Waals surface area (Å²) in [6, 6.07) is 3.06. The number of nitro benzene ring substituents is 1. The second-order valence-electron chi connectivity index (χ2n) is 4.66. The van der Waals surface area contributed by atoms with Crippen molar-refractivity contribution < 1.29 is 9.55 Å². The van der Waals surface area contributed by atoms with Crippen LogP contribution in [0.15, 0.2) is 16.8 Å². The second kappa shape index (κ2) is 6.98. The molecule has 0 amide bonds. The van der Waals surface area contributed by atoms with E-state index in [1.807, 2.05) is 0 Å². The average molecular weight is 293 g/mol. The van der Waals surface area contributed by atoms with Gasteiger partial charge in [-0.1, -0.05) is 13.8 Å². The molecule has 2 rings (SSSR count). The molecule has 0 unspecified atom stereocenters. The summed E-state index contributed by atoms with van der Waals surface area (Å²) in [6.45, 7) is 8.11. The Morgan fingerprint density at radius 2 is 2.00 bits per heavy atom. The van der Waals surface area contributed by atoms with Gasteiger partial charge in [0.05, 0.1) is 10.6 Å². The third-order valence-electron chi connectivity index (χ3n) is 3.45. The van der Waals surface area contributed by atoms with Gasteiger partial charge in [0.1, 0.15) is 0 Å². The molecule has 0 bridgehead atoms. The van der Waals surface area contributed by atoms with E-state index in [0.717, 1.165) is 32.6 Å². The molecule has 2 aromatic rings. The van der Waals surface area contributed by atoms with Gasteiger partial charge in [-0.25, -0.2) is 4.63 Å². The minimum absolute atomic E-state index is 0.0973. The fourth-order valence-electron chi connectivity index (χ4n) is 2.21. The van der Waals surface area contributed by atoms with Crippen molar-refractivity contribution >= 4 is 22.4 Å². The van der Waals surface area contributed by atoms with Crippen molar-refractivity contribution in [3.8, 4) is 0 Å². The number of anilines is 1. The number of hydrogen-bond acceptors (Lipinski definition) is 7. The van der Waals surface area contributed by atoms with Gasteiger partial charge in [-0.3, -0.25) is 10.1 Å². The van der Waals surface area contributed by atoms with Crippen LogP contribution in [-0.4, -0.2) is 46.3 Å². The normalized spacial score (nSPS) is 11.2. The number of nitrogens with zero attached hydrogens (tertiary/aromatic N) is 4. The fraction of sp³-hybridized carbons (Fsp3) is 0.538. The summed E-state index contributed by atoms with van der Waals surface area (Å²) in [7, 11) is 0. The van der Waals surface area contributed by atoms with Crippen LogP contribution in [0.4, 0.5) is 11.4 Å². The molecule has 0 fully saturated rings. The van der Waals surface area contributed by atoms with Crippen molar-refractivity contribution in [2.45, 2.75) is 20.3 Å². The first-order valence-electron chi connectivity index (χ1n) is 7.03. The van der Waals surface area contributed by atoms with Crippen LogP contribution in [0.5, 0.6) is 0 Å². The highest BCUT2D eigenvalue weighted by Gasteiger charge is 2.19. The van der Waals surface area contributed by atoms with Gasteiger partial charge in [-0.15, -0.1) is 0 Å². The van der Waals surface area contributed by atoms with Crippen LogP contribution in [0, 0.1) is 10.1 Å². The lowest BCUT2D eigenvalue weighted by atomic mass is 10.2. The molecule has 21 heavy (non-hydrogen) atoms. The highest BCUT2D eigenvalue weighted by molar-refractivity contribution is 5.93. The van der Waals surface area contributed by atoms with Crippen molar-refractivity contribution in [1.29, 1.82) is 0 Å². The van der Waals surface area contributed by atoms with Crippen LogP contribution in [0.3, 0.4) is 0 Å². The van der Waals surface area contributed by atoms with Gasteiger partial charge in [0.25, 0.3) is 0 Å². The fourth-order valence-corrected chi connectivity index (χ4v) is 2.21. The van der Waals surface area contributed by atoms with Gasteiger partial charge >= 0.3 is 5.69 Å². The van der Waals surface area contributed by atoms with Gasteiger partial charge in [0.2, 0.25) is 5.52 Å². The standard InChI is InChI=1S/C13H19N5O3/c1-3-17(4-2)9-5-8-14-10-6-7-11(18(19)20)13-12(10)15-21-16-13/h6-7,14H,3-5,8-9H2,1-2H3. The zero-order valence-corrected chi connectivity index (χ0v) is 12.2. The van der Waals surface area contributed by atoms with Crippen LogP contribution in [-0.2, 0) is 0 Å². The number of nitro groups is 1. The lowest BCUT2D eigenvalue weighted by Crippen LogP contribution is -2.25. The molecule has 0 aliphatic heterocycles. The van der Waals surface area contributed by atoms with E-state index < -0.39 is 4.92 Å². The molecule has 0 saturated heterocycles. The number of benzene rings is 1. The van der Waals surface area contributed by atoms with Crippen molar-refractivity contribution in [2.75, 3.05) is 31.5 Å². The summed E-state index contributed by atoms with van der Waals surface area (Å²) >= 11 is 0. The predicted octanol–water partition coefficient (Wildman–Crippen LogP) is 2.27. The largest absolute Gasteiger partial charge is 0.383 e. The van der Waals surface area contributed by atoms with Crippen molar-refractivity contribution in [1.82, 2.24) is 15.2 Å². The van der Waals surface area contributed by atoms with Gasteiger partial charge in [0.15, 0.2) is 5.52 Å². The maximum atomic E-state index is 10.9. The Morgan fingerprint density at radius 1 is 1.29 bits per heavy atom. The first kappa shape index (κ1) is 15.2. The molecule has 1 N–H and O–H groups in total. The van der Waals surface area contributed by atoms with E-state index >= 15 is 0 Å². The summed E-state index contributed by atoms with van der Waals surface area (Å²) in [5.41, 5.74) is 1.18. The third-order valence-corrected chi connectivity index (χ3v) is 3.45. The van der Waals surface area contributed by atoms with E-state index in [9.17, 15) is 10.1 Å². The lowest BCUT2D eigenvalue weighted by molar-refractivity contribution is -0.383. The number of nitrogens with one attached hydrogen (secondary N) is 1. The van der Waals surface area contributed by atoms with Crippen LogP contribution in [0.2, 0.25) is 0 Å². The van der Waals surface area contributed by atoms with Crippen molar-refractivity contribution in [2.24, 2.45) is 0 Å². The molecule has 0 aliphatic carbocycles. The molecule has 114 valence electrons. The molecule has 8 nitrogen and oxygen atoms in total. The summed E-state index contributed by atoms with van der Waals surface area (Å²) in [6.07, 6.45) is 0.978. The smallest absolute Gasteiger partial charge is 0.300 e. The number of non-ortho nitro benzene ring substituents is 1. The van der Waals surface area contributed by atoms with Gasteiger partial charge in [-0.05, 0) is 42.4 Å². The molecular formula is C13H19N5O3. The molecule has 8 heteroatoms. The van der Waals surface area contributed by atoms with E-state index in [1.165, 1.54) is 6.07 Å². The van der Waals surface area contributed by atoms with Crippen molar-refractivity contribution in [3.63, 3.8) is 0 Å². The minimum Gasteiger partial charge on any atom is -0.383 e. The molecule has 0 atom stereocenters. The SMILES string of the molecule is CCN(CC)CCCNc1ccc([N+](=O)[O-])c2nonc12. The van der Waals surface area contributed by atoms with E-state index in [1.54, 1.807) is 6.07 Å².